The summed E-state index contributed by atoms with van der Waals surface area (Å²) in [4.78, 5) is 15.4. The SMILES string of the molecule is Cc1c(COC(=O)c2c[nH]c3ccccc23)noc1-c1ccc(F)cc1. The summed E-state index contributed by atoms with van der Waals surface area (Å²) in [5, 5.41) is 4.78. The molecule has 0 amide bonds. The Morgan fingerprint density at radius 2 is 1.96 bits per heavy atom. The average Bonchev–Trinajstić information content (AvgIpc) is 3.24. The van der Waals surface area contributed by atoms with Gasteiger partial charge in [0.1, 0.15) is 18.1 Å². The van der Waals surface area contributed by atoms with Gasteiger partial charge in [0, 0.05) is 28.2 Å². The number of carbonyl (C=O) groups is 1. The summed E-state index contributed by atoms with van der Waals surface area (Å²) in [7, 11) is 0. The zero-order chi connectivity index (χ0) is 18.1. The second-order valence-electron chi connectivity index (χ2n) is 5.91. The van der Waals surface area contributed by atoms with E-state index in [0.717, 1.165) is 16.5 Å². The van der Waals surface area contributed by atoms with Gasteiger partial charge < -0.3 is 14.2 Å². The molecule has 1 N–H and O–H groups in total. The first-order valence-electron chi connectivity index (χ1n) is 8.08. The molecule has 0 bridgehead atoms. The molecular formula is C20H15FN2O3. The van der Waals surface area contributed by atoms with E-state index >= 15 is 0 Å². The molecule has 0 saturated carbocycles. The monoisotopic (exact) mass is 350 g/mol. The number of H-pyrrole nitrogens is 1. The zero-order valence-electron chi connectivity index (χ0n) is 14.0. The smallest absolute Gasteiger partial charge is 0.340 e. The maximum atomic E-state index is 13.1. The summed E-state index contributed by atoms with van der Waals surface area (Å²) in [5.41, 5.74) is 3.34. The van der Waals surface area contributed by atoms with Crippen LogP contribution in [0.3, 0.4) is 0 Å². The number of hydrogen-bond donors (Lipinski definition) is 1. The highest BCUT2D eigenvalue weighted by Gasteiger charge is 2.17. The highest BCUT2D eigenvalue weighted by molar-refractivity contribution is 6.03. The fraction of sp³-hybridized carbons (Fsp3) is 0.100. The lowest BCUT2D eigenvalue weighted by Gasteiger charge is -2.02. The molecule has 5 nitrogen and oxygen atoms in total. The maximum absolute atomic E-state index is 13.1. The second-order valence-corrected chi connectivity index (χ2v) is 5.91. The van der Waals surface area contributed by atoms with Crippen LogP contribution in [0, 0.1) is 12.7 Å². The van der Waals surface area contributed by atoms with Crippen LogP contribution in [0.1, 0.15) is 21.6 Å². The number of halogens is 1. The number of carbonyl (C=O) groups excluding carboxylic acids is 1. The van der Waals surface area contributed by atoms with Crippen LogP contribution in [0.5, 0.6) is 0 Å². The van der Waals surface area contributed by atoms with Gasteiger partial charge in [-0.25, -0.2) is 9.18 Å². The van der Waals surface area contributed by atoms with E-state index < -0.39 is 5.97 Å². The van der Waals surface area contributed by atoms with E-state index in [1.54, 1.807) is 18.3 Å². The Bertz CT molecular complexity index is 1080. The van der Waals surface area contributed by atoms with Gasteiger partial charge in [0.05, 0.1) is 5.56 Å². The number of aromatic nitrogens is 2. The number of ether oxygens (including phenoxy) is 1. The summed E-state index contributed by atoms with van der Waals surface area (Å²) >= 11 is 0. The molecule has 6 heteroatoms. The highest BCUT2D eigenvalue weighted by atomic mass is 19.1. The maximum Gasteiger partial charge on any atom is 0.340 e. The number of benzene rings is 2. The van der Waals surface area contributed by atoms with Crippen molar-refractivity contribution in [1.29, 1.82) is 0 Å². The first kappa shape index (κ1) is 16.1. The van der Waals surface area contributed by atoms with Crippen molar-refractivity contribution < 1.29 is 18.4 Å². The van der Waals surface area contributed by atoms with Crippen LogP contribution in [-0.2, 0) is 11.3 Å². The van der Waals surface area contributed by atoms with E-state index in [-0.39, 0.29) is 12.4 Å². The molecule has 26 heavy (non-hydrogen) atoms. The molecule has 130 valence electrons. The Kier molecular flexibility index (Phi) is 4.01. The Labute approximate surface area is 148 Å². The normalized spacial score (nSPS) is 11.0. The molecule has 4 aromatic rings. The van der Waals surface area contributed by atoms with Crippen LogP contribution < -0.4 is 0 Å². The molecule has 0 aliphatic carbocycles. The minimum absolute atomic E-state index is 0.00509. The largest absolute Gasteiger partial charge is 0.455 e. The van der Waals surface area contributed by atoms with Crippen molar-refractivity contribution in [3.63, 3.8) is 0 Å². The third-order valence-electron chi connectivity index (χ3n) is 4.28. The fourth-order valence-corrected chi connectivity index (χ4v) is 2.83. The van der Waals surface area contributed by atoms with Gasteiger partial charge in [0.15, 0.2) is 5.76 Å². The van der Waals surface area contributed by atoms with Crippen LogP contribution in [0.4, 0.5) is 4.39 Å². The summed E-state index contributed by atoms with van der Waals surface area (Å²) in [6.45, 7) is 1.82. The second kappa shape index (κ2) is 6.48. The molecule has 2 aromatic carbocycles. The van der Waals surface area contributed by atoms with Crippen LogP contribution in [-0.4, -0.2) is 16.1 Å². The number of para-hydroxylation sites is 1. The first-order chi connectivity index (χ1) is 12.6. The molecule has 0 aliphatic heterocycles. The van der Waals surface area contributed by atoms with E-state index in [0.29, 0.717) is 22.6 Å². The number of fused-ring (bicyclic) bond motifs is 1. The summed E-state index contributed by atoms with van der Waals surface area (Å²) in [6, 6.07) is 13.4. The predicted octanol–water partition coefficient (Wildman–Crippen LogP) is 4.63. The molecule has 2 heterocycles. The van der Waals surface area contributed by atoms with Gasteiger partial charge in [-0.05, 0) is 37.3 Å². The first-order valence-corrected chi connectivity index (χ1v) is 8.08. The number of esters is 1. The third kappa shape index (κ3) is 2.86. The zero-order valence-corrected chi connectivity index (χ0v) is 14.0. The van der Waals surface area contributed by atoms with Gasteiger partial charge in [-0.3, -0.25) is 0 Å². The van der Waals surface area contributed by atoms with Crippen molar-refractivity contribution in [2.45, 2.75) is 13.5 Å². The van der Waals surface area contributed by atoms with Gasteiger partial charge in [0.2, 0.25) is 0 Å². The number of rotatable bonds is 4. The van der Waals surface area contributed by atoms with Gasteiger partial charge in [0.25, 0.3) is 0 Å². The lowest BCUT2D eigenvalue weighted by atomic mass is 10.1. The van der Waals surface area contributed by atoms with Crippen LogP contribution in [0.2, 0.25) is 0 Å². The van der Waals surface area contributed by atoms with Crippen molar-refractivity contribution in [3.8, 4) is 11.3 Å². The molecule has 4 rings (SSSR count). The van der Waals surface area contributed by atoms with E-state index in [9.17, 15) is 9.18 Å². The number of hydrogen-bond acceptors (Lipinski definition) is 4. The lowest BCUT2D eigenvalue weighted by Crippen LogP contribution is -2.05. The Hall–Kier alpha value is -3.41. The number of nitrogens with zero attached hydrogens (tertiary/aromatic N) is 1. The van der Waals surface area contributed by atoms with Gasteiger partial charge >= 0.3 is 5.97 Å². The molecule has 0 spiro atoms. The minimum Gasteiger partial charge on any atom is -0.455 e. The van der Waals surface area contributed by atoms with Gasteiger partial charge in [-0.15, -0.1) is 0 Å². The topological polar surface area (TPSA) is 68.1 Å². The summed E-state index contributed by atoms with van der Waals surface area (Å²) in [6.07, 6.45) is 1.63. The quantitative estimate of drug-likeness (QED) is 0.545. The van der Waals surface area contributed by atoms with Gasteiger partial charge in [-0.1, -0.05) is 23.4 Å². The lowest BCUT2D eigenvalue weighted by molar-refractivity contribution is 0.0466. The molecule has 0 aliphatic rings. The van der Waals surface area contributed by atoms with Crippen LogP contribution in [0.25, 0.3) is 22.2 Å². The predicted molar refractivity (Wildman–Crippen MR) is 94.1 cm³/mol. The fourth-order valence-electron chi connectivity index (χ4n) is 2.83. The molecule has 2 aromatic heterocycles. The Morgan fingerprint density at radius 3 is 2.77 bits per heavy atom. The molecule has 0 radical (unpaired) electrons. The standard InChI is InChI=1S/C20H15FN2O3/c1-12-18(23-26-19(12)13-6-8-14(21)9-7-13)11-25-20(24)16-10-22-17-5-3-2-4-15(16)17/h2-10,22H,11H2,1H3. The van der Waals surface area contributed by atoms with Gasteiger partial charge in [-0.2, -0.15) is 0 Å². The number of aromatic amines is 1. The molecule has 0 unspecified atom stereocenters. The third-order valence-corrected chi connectivity index (χ3v) is 4.28. The van der Waals surface area contributed by atoms with Crippen molar-refractivity contribution >= 4 is 16.9 Å². The number of nitrogens with one attached hydrogen (secondary N) is 1. The van der Waals surface area contributed by atoms with Crippen molar-refractivity contribution in [2.75, 3.05) is 0 Å². The molecular weight excluding hydrogens is 335 g/mol. The molecule has 0 atom stereocenters. The van der Waals surface area contributed by atoms with E-state index in [2.05, 4.69) is 10.1 Å². The van der Waals surface area contributed by atoms with Crippen LogP contribution in [0.15, 0.2) is 59.3 Å². The van der Waals surface area contributed by atoms with Crippen molar-refractivity contribution in [2.24, 2.45) is 0 Å². The van der Waals surface area contributed by atoms with E-state index in [1.807, 2.05) is 31.2 Å². The average molecular weight is 350 g/mol. The Balaban J connectivity index is 1.51. The van der Waals surface area contributed by atoms with E-state index in [4.69, 9.17) is 9.26 Å². The van der Waals surface area contributed by atoms with E-state index in [1.165, 1.54) is 12.1 Å². The molecule has 0 fully saturated rings. The minimum atomic E-state index is -0.437. The van der Waals surface area contributed by atoms with Crippen LogP contribution >= 0.6 is 0 Å². The summed E-state index contributed by atoms with van der Waals surface area (Å²) < 4.78 is 23.8. The van der Waals surface area contributed by atoms with Crippen molar-refractivity contribution in [3.05, 3.63) is 77.4 Å². The summed E-state index contributed by atoms with van der Waals surface area (Å²) in [5.74, 6) is -0.227. The Morgan fingerprint density at radius 1 is 1.19 bits per heavy atom. The highest BCUT2D eigenvalue weighted by Crippen LogP contribution is 2.26. The van der Waals surface area contributed by atoms with Crippen molar-refractivity contribution in [1.82, 2.24) is 10.1 Å². The molecule has 0 saturated heterocycles.